The fourth-order valence-electron chi connectivity index (χ4n) is 2.94. The third-order valence-corrected chi connectivity index (χ3v) is 5.02. The highest BCUT2D eigenvalue weighted by Crippen LogP contribution is 2.25. The molecule has 0 fully saturated rings. The molecule has 144 valence electrons. The van der Waals surface area contributed by atoms with Crippen LogP contribution in [0, 0.1) is 13.8 Å². The number of carbonyl (C=O) groups excluding carboxylic acids is 1. The van der Waals surface area contributed by atoms with Crippen LogP contribution in [0.5, 0.6) is 11.5 Å². The molecular formula is C22H21ClN2O3. The fourth-order valence-corrected chi connectivity index (χ4v) is 3.08. The summed E-state index contributed by atoms with van der Waals surface area (Å²) in [7, 11) is 1.62. The van der Waals surface area contributed by atoms with Crippen LogP contribution in [0.3, 0.4) is 0 Å². The Labute approximate surface area is 168 Å². The van der Waals surface area contributed by atoms with E-state index in [4.69, 9.17) is 16.3 Å². The van der Waals surface area contributed by atoms with Crippen molar-refractivity contribution in [2.45, 2.75) is 20.4 Å². The Morgan fingerprint density at radius 3 is 2.68 bits per heavy atom. The molecule has 0 radical (unpaired) electrons. The molecule has 28 heavy (non-hydrogen) atoms. The number of methoxy groups -OCH3 is 1. The lowest BCUT2D eigenvalue weighted by Gasteiger charge is -2.11. The van der Waals surface area contributed by atoms with Crippen molar-refractivity contribution in [3.8, 4) is 11.5 Å². The van der Waals surface area contributed by atoms with Crippen molar-refractivity contribution >= 4 is 23.5 Å². The Bertz CT molecular complexity index is 1050. The number of benzene rings is 2. The van der Waals surface area contributed by atoms with Crippen molar-refractivity contribution in [1.29, 1.82) is 0 Å². The number of hydrogen-bond acceptors (Lipinski definition) is 4. The van der Waals surface area contributed by atoms with Crippen LogP contribution in [0.4, 0.5) is 0 Å². The summed E-state index contributed by atoms with van der Waals surface area (Å²) in [6.07, 6.45) is 3.23. The minimum absolute atomic E-state index is 0.0644. The van der Waals surface area contributed by atoms with E-state index < -0.39 is 0 Å². The molecule has 0 bridgehead atoms. The van der Waals surface area contributed by atoms with Gasteiger partial charge in [0.05, 0.1) is 30.1 Å². The number of phenolic OH excluding ortho intramolecular Hbond substituents is 1. The second-order valence-corrected chi connectivity index (χ2v) is 6.84. The molecule has 3 rings (SSSR count). The topological polar surface area (TPSA) is 64.3 Å². The highest BCUT2D eigenvalue weighted by molar-refractivity contribution is 6.31. The van der Waals surface area contributed by atoms with Gasteiger partial charge in [-0.2, -0.15) is 5.10 Å². The van der Waals surface area contributed by atoms with Gasteiger partial charge in [-0.3, -0.25) is 9.48 Å². The first-order valence-electron chi connectivity index (χ1n) is 8.77. The van der Waals surface area contributed by atoms with E-state index in [0.717, 1.165) is 28.3 Å². The fraction of sp³-hybridized carbons (Fsp3) is 0.182. The van der Waals surface area contributed by atoms with Crippen LogP contribution in [-0.4, -0.2) is 27.8 Å². The quantitative estimate of drug-likeness (QED) is 0.479. The zero-order valence-electron chi connectivity index (χ0n) is 15.9. The van der Waals surface area contributed by atoms with E-state index >= 15 is 0 Å². The molecule has 0 atom stereocenters. The van der Waals surface area contributed by atoms with E-state index in [9.17, 15) is 9.90 Å². The maximum absolute atomic E-state index is 12.3. The van der Waals surface area contributed by atoms with Gasteiger partial charge >= 0.3 is 0 Å². The number of nitrogens with zero attached hydrogens (tertiary/aromatic N) is 2. The molecule has 0 spiro atoms. The summed E-state index contributed by atoms with van der Waals surface area (Å²) < 4.78 is 7.30. The minimum Gasteiger partial charge on any atom is -0.508 e. The molecule has 0 saturated heterocycles. The van der Waals surface area contributed by atoms with Crippen LogP contribution in [-0.2, 0) is 6.54 Å². The van der Waals surface area contributed by atoms with Crippen molar-refractivity contribution < 1.29 is 14.6 Å². The van der Waals surface area contributed by atoms with Gasteiger partial charge in [0.2, 0.25) is 0 Å². The number of ketones is 1. The first-order chi connectivity index (χ1) is 13.4. The number of allylic oxidation sites excluding steroid dienone is 1. The maximum Gasteiger partial charge on any atom is 0.185 e. The second-order valence-electron chi connectivity index (χ2n) is 6.46. The van der Waals surface area contributed by atoms with E-state index in [-0.39, 0.29) is 11.5 Å². The zero-order chi connectivity index (χ0) is 20.3. The molecule has 1 heterocycles. The van der Waals surface area contributed by atoms with Crippen LogP contribution >= 0.6 is 11.6 Å². The summed E-state index contributed by atoms with van der Waals surface area (Å²) in [5, 5.41) is 14.6. The second kappa shape index (κ2) is 8.31. The average Bonchev–Trinajstić information content (AvgIpc) is 2.93. The molecule has 2 aromatic carbocycles. The summed E-state index contributed by atoms with van der Waals surface area (Å²) in [5.74, 6) is 0.619. The number of aromatic hydroxyl groups is 1. The van der Waals surface area contributed by atoms with E-state index in [1.165, 1.54) is 18.2 Å². The van der Waals surface area contributed by atoms with Gasteiger partial charge in [0.15, 0.2) is 5.78 Å². The van der Waals surface area contributed by atoms with Crippen LogP contribution in [0.2, 0.25) is 5.02 Å². The number of aromatic nitrogens is 2. The zero-order valence-corrected chi connectivity index (χ0v) is 16.7. The van der Waals surface area contributed by atoms with Crippen LogP contribution in [0.25, 0.3) is 6.08 Å². The lowest BCUT2D eigenvalue weighted by molar-refractivity contribution is 0.104. The van der Waals surface area contributed by atoms with Crippen LogP contribution in [0.15, 0.2) is 48.5 Å². The molecule has 0 unspecified atom stereocenters. The molecule has 0 amide bonds. The number of halogens is 1. The standard InChI is InChI=1S/C22H21ClN2O3/c1-14-22(23)15(2)25(24-14)13-18-11-16(8-10-21(18)28-3)7-9-20(27)17-5-4-6-19(26)12-17/h4-12,26H,13H2,1-3H3/b9-7+. The summed E-state index contributed by atoms with van der Waals surface area (Å²) in [6.45, 7) is 4.30. The maximum atomic E-state index is 12.3. The normalized spacial score (nSPS) is 11.1. The lowest BCUT2D eigenvalue weighted by Crippen LogP contribution is -2.06. The Kier molecular flexibility index (Phi) is 5.85. The van der Waals surface area contributed by atoms with Gasteiger partial charge in [-0.25, -0.2) is 0 Å². The summed E-state index contributed by atoms with van der Waals surface area (Å²) in [4.78, 5) is 12.3. The lowest BCUT2D eigenvalue weighted by atomic mass is 10.1. The average molecular weight is 397 g/mol. The molecule has 1 aromatic heterocycles. The number of phenols is 1. The highest BCUT2D eigenvalue weighted by atomic mass is 35.5. The van der Waals surface area contributed by atoms with Crippen molar-refractivity contribution in [2.24, 2.45) is 0 Å². The molecule has 6 heteroatoms. The van der Waals surface area contributed by atoms with Crippen molar-refractivity contribution in [3.05, 3.63) is 81.6 Å². The van der Waals surface area contributed by atoms with Crippen molar-refractivity contribution in [2.75, 3.05) is 7.11 Å². The van der Waals surface area contributed by atoms with Crippen LogP contribution < -0.4 is 4.74 Å². The monoisotopic (exact) mass is 396 g/mol. The number of aryl methyl sites for hydroxylation is 1. The van der Waals surface area contributed by atoms with E-state index in [0.29, 0.717) is 17.1 Å². The Morgan fingerprint density at radius 2 is 2.04 bits per heavy atom. The molecule has 0 saturated carbocycles. The summed E-state index contributed by atoms with van der Waals surface area (Å²) >= 11 is 6.24. The van der Waals surface area contributed by atoms with Gasteiger partial charge in [-0.05, 0) is 49.8 Å². The molecule has 5 nitrogen and oxygen atoms in total. The number of ether oxygens (including phenoxy) is 1. The molecular weight excluding hydrogens is 376 g/mol. The molecule has 1 N–H and O–H groups in total. The van der Waals surface area contributed by atoms with Crippen molar-refractivity contribution in [1.82, 2.24) is 9.78 Å². The van der Waals surface area contributed by atoms with E-state index in [2.05, 4.69) is 5.10 Å². The van der Waals surface area contributed by atoms with E-state index in [1.54, 1.807) is 25.3 Å². The molecule has 0 aliphatic rings. The largest absolute Gasteiger partial charge is 0.508 e. The Balaban J connectivity index is 1.86. The van der Waals surface area contributed by atoms with Gasteiger partial charge in [0.1, 0.15) is 11.5 Å². The molecule has 3 aromatic rings. The van der Waals surface area contributed by atoms with Gasteiger partial charge in [0, 0.05) is 11.1 Å². The highest BCUT2D eigenvalue weighted by Gasteiger charge is 2.12. The predicted octanol–water partition coefficient (Wildman–Crippen LogP) is 4.81. The van der Waals surface area contributed by atoms with E-state index in [1.807, 2.05) is 36.7 Å². The third kappa shape index (κ3) is 4.26. The minimum atomic E-state index is -0.182. The Morgan fingerprint density at radius 1 is 1.25 bits per heavy atom. The Hall–Kier alpha value is -3.05. The number of hydrogen-bond donors (Lipinski definition) is 1. The van der Waals surface area contributed by atoms with Gasteiger partial charge in [0.25, 0.3) is 0 Å². The predicted molar refractivity (Wildman–Crippen MR) is 110 cm³/mol. The van der Waals surface area contributed by atoms with Gasteiger partial charge < -0.3 is 9.84 Å². The first-order valence-corrected chi connectivity index (χ1v) is 9.14. The van der Waals surface area contributed by atoms with Crippen LogP contribution in [0.1, 0.15) is 32.9 Å². The molecule has 0 aliphatic carbocycles. The summed E-state index contributed by atoms with van der Waals surface area (Å²) in [6, 6.07) is 12.0. The third-order valence-electron chi connectivity index (χ3n) is 4.48. The van der Waals surface area contributed by atoms with Crippen molar-refractivity contribution in [3.63, 3.8) is 0 Å². The smallest absolute Gasteiger partial charge is 0.185 e. The number of rotatable bonds is 6. The summed E-state index contributed by atoms with van der Waals surface area (Å²) in [5.41, 5.74) is 3.89. The molecule has 0 aliphatic heterocycles. The SMILES string of the molecule is COc1ccc(/C=C/C(=O)c2cccc(O)c2)cc1Cn1nc(C)c(Cl)c1C. The van der Waals surface area contributed by atoms with Gasteiger partial charge in [-0.1, -0.05) is 35.9 Å². The first kappa shape index (κ1) is 19.7. The number of carbonyl (C=O) groups is 1. The van der Waals surface area contributed by atoms with Gasteiger partial charge in [-0.15, -0.1) is 0 Å².